The number of anilines is 1. The summed E-state index contributed by atoms with van der Waals surface area (Å²) in [6.07, 6.45) is 1.72. The molecule has 1 aromatic heterocycles. The van der Waals surface area contributed by atoms with Gasteiger partial charge in [-0.15, -0.1) is 0 Å². The van der Waals surface area contributed by atoms with Crippen LogP contribution in [0.3, 0.4) is 0 Å². The Hall–Kier alpha value is -2.37. The topological polar surface area (TPSA) is 68.4 Å². The second kappa shape index (κ2) is 5.51. The van der Waals surface area contributed by atoms with Gasteiger partial charge in [-0.25, -0.2) is 4.98 Å². The molecule has 2 rings (SSSR count). The monoisotopic (exact) mass is 263 g/mol. The Bertz CT molecular complexity index is 541. The second-order valence-electron chi connectivity index (χ2n) is 3.80. The molecular formula is C13H17N3O3. The molecule has 2 N–H and O–H groups in total. The molecule has 1 heterocycles. The Balaban J connectivity index is 2.59. The van der Waals surface area contributed by atoms with Crippen molar-refractivity contribution in [3.8, 4) is 28.5 Å². The van der Waals surface area contributed by atoms with Crippen LogP contribution in [-0.4, -0.2) is 38.3 Å². The molecule has 6 heteroatoms. The predicted octanol–water partition coefficient (Wildman–Crippen LogP) is 2.14. The van der Waals surface area contributed by atoms with Gasteiger partial charge in [0.15, 0.2) is 5.95 Å². The average molecular weight is 263 g/mol. The molecule has 0 aliphatic carbocycles. The van der Waals surface area contributed by atoms with E-state index in [0.29, 0.717) is 23.2 Å². The van der Waals surface area contributed by atoms with Crippen LogP contribution in [0.15, 0.2) is 18.3 Å². The zero-order chi connectivity index (χ0) is 13.8. The maximum absolute atomic E-state index is 5.40. The van der Waals surface area contributed by atoms with Crippen LogP contribution in [0, 0.1) is 0 Å². The third-order valence-electron chi connectivity index (χ3n) is 2.80. The van der Waals surface area contributed by atoms with E-state index in [0.717, 1.165) is 11.3 Å². The third kappa shape index (κ3) is 2.42. The number of hydrogen-bond donors (Lipinski definition) is 2. The number of nitrogens with one attached hydrogen (secondary N) is 2. The number of nitrogens with zero attached hydrogens (tertiary/aromatic N) is 1. The standard InChI is InChI=1S/C13H17N3O3/c1-14-13-15-7-9(16-13)12-10(18-3)5-8(17-2)6-11(12)19-4/h5-7H,1-4H3,(H2,14,15,16). The van der Waals surface area contributed by atoms with Gasteiger partial charge in [0.1, 0.15) is 17.2 Å². The number of ether oxygens (including phenoxy) is 3. The first-order valence-electron chi connectivity index (χ1n) is 5.76. The maximum Gasteiger partial charge on any atom is 0.200 e. The molecule has 0 amide bonds. The summed E-state index contributed by atoms with van der Waals surface area (Å²) in [5.74, 6) is 2.66. The molecule has 0 radical (unpaired) electrons. The maximum atomic E-state index is 5.40. The highest BCUT2D eigenvalue weighted by molar-refractivity contribution is 5.76. The van der Waals surface area contributed by atoms with Gasteiger partial charge in [0, 0.05) is 19.2 Å². The van der Waals surface area contributed by atoms with Crippen LogP contribution >= 0.6 is 0 Å². The van der Waals surface area contributed by atoms with Gasteiger partial charge in [-0.2, -0.15) is 0 Å². The number of imidazole rings is 1. The summed E-state index contributed by atoms with van der Waals surface area (Å²) in [6.45, 7) is 0. The van der Waals surface area contributed by atoms with E-state index < -0.39 is 0 Å². The van der Waals surface area contributed by atoms with Gasteiger partial charge in [0.2, 0.25) is 0 Å². The van der Waals surface area contributed by atoms with Gasteiger partial charge in [-0.1, -0.05) is 0 Å². The SMILES string of the molecule is CNc1ncc(-c2c(OC)cc(OC)cc2OC)[nH]1. The Morgan fingerprint density at radius 1 is 1.05 bits per heavy atom. The van der Waals surface area contributed by atoms with Crippen LogP contribution in [0.2, 0.25) is 0 Å². The molecule has 0 bridgehead atoms. The Labute approximate surface area is 111 Å². The fourth-order valence-corrected chi connectivity index (χ4v) is 1.85. The Morgan fingerprint density at radius 2 is 1.68 bits per heavy atom. The van der Waals surface area contributed by atoms with Gasteiger partial charge in [0.25, 0.3) is 0 Å². The molecule has 0 saturated carbocycles. The molecule has 0 saturated heterocycles. The fourth-order valence-electron chi connectivity index (χ4n) is 1.85. The summed E-state index contributed by atoms with van der Waals surface area (Å²) in [5, 5.41) is 2.94. The van der Waals surface area contributed by atoms with E-state index in [-0.39, 0.29) is 0 Å². The largest absolute Gasteiger partial charge is 0.496 e. The summed E-state index contributed by atoms with van der Waals surface area (Å²) in [4.78, 5) is 7.34. The Kier molecular flexibility index (Phi) is 3.79. The molecule has 0 aliphatic rings. The summed E-state index contributed by atoms with van der Waals surface area (Å²) < 4.78 is 16.0. The van der Waals surface area contributed by atoms with E-state index in [9.17, 15) is 0 Å². The van der Waals surface area contributed by atoms with Crippen molar-refractivity contribution in [3.63, 3.8) is 0 Å². The number of hydrogen-bond acceptors (Lipinski definition) is 5. The predicted molar refractivity (Wildman–Crippen MR) is 73.2 cm³/mol. The zero-order valence-electron chi connectivity index (χ0n) is 11.4. The number of benzene rings is 1. The average Bonchev–Trinajstić information content (AvgIpc) is 2.94. The molecule has 102 valence electrons. The molecular weight excluding hydrogens is 246 g/mol. The molecule has 6 nitrogen and oxygen atoms in total. The molecule has 0 aliphatic heterocycles. The fraction of sp³-hybridized carbons (Fsp3) is 0.308. The van der Waals surface area contributed by atoms with Crippen LogP contribution in [-0.2, 0) is 0 Å². The van der Waals surface area contributed by atoms with Crippen LogP contribution in [0.4, 0.5) is 5.95 Å². The molecule has 0 spiro atoms. The highest BCUT2D eigenvalue weighted by Gasteiger charge is 2.17. The van der Waals surface area contributed by atoms with E-state index >= 15 is 0 Å². The number of aromatic amines is 1. The Morgan fingerprint density at radius 3 is 2.11 bits per heavy atom. The smallest absolute Gasteiger partial charge is 0.200 e. The van der Waals surface area contributed by atoms with E-state index in [2.05, 4.69) is 15.3 Å². The van der Waals surface area contributed by atoms with Crippen molar-refractivity contribution in [2.75, 3.05) is 33.7 Å². The number of methoxy groups -OCH3 is 3. The molecule has 1 aromatic carbocycles. The summed E-state index contributed by atoms with van der Waals surface area (Å²) in [5.41, 5.74) is 1.61. The van der Waals surface area contributed by atoms with Crippen LogP contribution in [0.1, 0.15) is 0 Å². The van der Waals surface area contributed by atoms with Gasteiger partial charge < -0.3 is 24.5 Å². The number of aromatic nitrogens is 2. The first kappa shape index (κ1) is 13.1. The van der Waals surface area contributed by atoms with E-state index in [1.807, 2.05) is 0 Å². The van der Waals surface area contributed by atoms with Crippen molar-refractivity contribution in [3.05, 3.63) is 18.3 Å². The summed E-state index contributed by atoms with van der Waals surface area (Å²) in [6, 6.07) is 3.61. The van der Waals surface area contributed by atoms with E-state index in [1.54, 1.807) is 46.7 Å². The molecule has 2 aromatic rings. The minimum Gasteiger partial charge on any atom is -0.496 e. The van der Waals surface area contributed by atoms with Crippen molar-refractivity contribution >= 4 is 5.95 Å². The van der Waals surface area contributed by atoms with Crippen LogP contribution in [0.25, 0.3) is 11.3 Å². The van der Waals surface area contributed by atoms with Crippen molar-refractivity contribution in [2.24, 2.45) is 0 Å². The number of rotatable bonds is 5. The first-order valence-corrected chi connectivity index (χ1v) is 5.76. The zero-order valence-corrected chi connectivity index (χ0v) is 11.4. The van der Waals surface area contributed by atoms with Gasteiger partial charge in [-0.3, -0.25) is 0 Å². The van der Waals surface area contributed by atoms with E-state index in [1.165, 1.54) is 0 Å². The third-order valence-corrected chi connectivity index (χ3v) is 2.80. The molecule has 0 fully saturated rings. The normalized spacial score (nSPS) is 10.1. The quantitative estimate of drug-likeness (QED) is 0.865. The van der Waals surface area contributed by atoms with Crippen molar-refractivity contribution < 1.29 is 14.2 Å². The lowest BCUT2D eigenvalue weighted by Crippen LogP contribution is -1.96. The lowest BCUT2D eigenvalue weighted by Gasteiger charge is -2.13. The first-order chi connectivity index (χ1) is 9.23. The summed E-state index contributed by atoms with van der Waals surface area (Å²) >= 11 is 0. The van der Waals surface area contributed by atoms with Crippen molar-refractivity contribution in [1.29, 1.82) is 0 Å². The van der Waals surface area contributed by atoms with E-state index in [4.69, 9.17) is 14.2 Å². The van der Waals surface area contributed by atoms with Gasteiger partial charge in [-0.05, 0) is 0 Å². The highest BCUT2D eigenvalue weighted by atomic mass is 16.5. The molecule has 0 atom stereocenters. The van der Waals surface area contributed by atoms with Gasteiger partial charge >= 0.3 is 0 Å². The van der Waals surface area contributed by atoms with Crippen molar-refractivity contribution in [2.45, 2.75) is 0 Å². The van der Waals surface area contributed by atoms with Crippen LogP contribution < -0.4 is 19.5 Å². The summed E-state index contributed by atoms with van der Waals surface area (Å²) in [7, 11) is 6.61. The highest BCUT2D eigenvalue weighted by Crippen LogP contribution is 2.41. The van der Waals surface area contributed by atoms with Gasteiger partial charge in [0.05, 0.1) is 38.8 Å². The number of H-pyrrole nitrogens is 1. The lowest BCUT2D eigenvalue weighted by atomic mass is 10.1. The second-order valence-corrected chi connectivity index (χ2v) is 3.80. The van der Waals surface area contributed by atoms with Crippen molar-refractivity contribution in [1.82, 2.24) is 9.97 Å². The minimum atomic E-state index is 0.655. The lowest BCUT2D eigenvalue weighted by molar-refractivity contribution is 0.377. The van der Waals surface area contributed by atoms with Crippen LogP contribution in [0.5, 0.6) is 17.2 Å². The molecule has 19 heavy (non-hydrogen) atoms. The minimum absolute atomic E-state index is 0.655. The molecule has 0 unspecified atom stereocenters.